The van der Waals surface area contributed by atoms with Crippen molar-refractivity contribution in [3.05, 3.63) is 48.0 Å². The second kappa shape index (κ2) is 10.1. The van der Waals surface area contributed by atoms with Gasteiger partial charge in [-0.25, -0.2) is 4.98 Å². The number of benzene rings is 2. The number of nitrogens with one attached hydrogen (secondary N) is 2. The van der Waals surface area contributed by atoms with Gasteiger partial charge in [-0.1, -0.05) is 18.2 Å². The standard InChI is InChI=1S/C27H36N6O/c1-32(2)26-22-6-4-5-7-23(22)30-27(31-26)29-21-11-8-19(9-12-21)17-28-18-20-10-13-24-25(16-20)34-15-14-33(24)3/h4-7,10,13,16,19,21,28H,8-9,11-12,14-15,17-18H2,1-3H3,(H,29,30,31)/t19-,21+. The summed E-state index contributed by atoms with van der Waals surface area (Å²) in [6.07, 6.45) is 4.74. The van der Waals surface area contributed by atoms with E-state index in [1.165, 1.54) is 24.1 Å². The second-order valence-electron chi connectivity index (χ2n) is 9.85. The topological polar surface area (TPSA) is 65.6 Å². The molecule has 2 N–H and O–H groups in total. The zero-order valence-electron chi connectivity index (χ0n) is 20.6. The highest BCUT2D eigenvalue weighted by atomic mass is 16.5. The van der Waals surface area contributed by atoms with Gasteiger partial charge in [0, 0.05) is 39.1 Å². The zero-order valence-corrected chi connectivity index (χ0v) is 20.6. The fraction of sp³-hybridized carbons (Fsp3) is 0.481. The predicted octanol–water partition coefficient (Wildman–Crippen LogP) is 4.28. The first-order valence-corrected chi connectivity index (χ1v) is 12.4. The van der Waals surface area contributed by atoms with E-state index in [9.17, 15) is 0 Å². The third kappa shape index (κ3) is 5.04. The van der Waals surface area contributed by atoms with Gasteiger partial charge < -0.3 is 25.2 Å². The van der Waals surface area contributed by atoms with Gasteiger partial charge in [-0.05, 0) is 68.0 Å². The maximum Gasteiger partial charge on any atom is 0.225 e. The van der Waals surface area contributed by atoms with E-state index in [4.69, 9.17) is 14.7 Å². The highest BCUT2D eigenvalue weighted by molar-refractivity contribution is 5.90. The van der Waals surface area contributed by atoms with Crippen molar-refractivity contribution in [1.29, 1.82) is 0 Å². The molecule has 3 aromatic rings. The third-order valence-corrected chi connectivity index (χ3v) is 7.07. The van der Waals surface area contributed by atoms with E-state index >= 15 is 0 Å². The second-order valence-corrected chi connectivity index (χ2v) is 9.85. The molecule has 0 spiro atoms. The van der Waals surface area contributed by atoms with Crippen LogP contribution in [-0.4, -0.2) is 56.8 Å². The first-order valence-electron chi connectivity index (χ1n) is 12.4. The molecule has 1 aliphatic heterocycles. The molecule has 7 nitrogen and oxygen atoms in total. The van der Waals surface area contributed by atoms with Crippen LogP contribution in [0.5, 0.6) is 5.75 Å². The summed E-state index contributed by atoms with van der Waals surface area (Å²) in [5, 5.41) is 8.38. The van der Waals surface area contributed by atoms with E-state index < -0.39 is 0 Å². The Kier molecular flexibility index (Phi) is 6.72. The lowest BCUT2D eigenvalue weighted by Crippen LogP contribution is -2.32. The summed E-state index contributed by atoms with van der Waals surface area (Å²) in [4.78, 5) is 13.9. The number of hydrogen-bond donors (Lipinski definition) is 2. The monoisotopic (exact) mass is 460 g/mol. The summed E-state index contributed by atoms with van der Waals surface area (Å²) >= 11 is 0. The van der Waals surface area contributed by atoms with Gasteiger partial charge in [-0.2, -0.15) is 4.98 Å². The predicted molar refractivity (Wildman–Crippen MR) is 140 cm³/mol. The molecule has 34 heavy (non-hydrogen) atoms. The van der Waals surface area contributed by atoms with Crippen LogP contribution >= 0.6 is 0 Å². The van der Waals surface area contributed by atoms with Crippen molar-refractivity contribution in [3.8, 4) is 5.75 Å². The summed E-state index contributed by atoms with van der Waals surface area (Å²) in [7, 11) is 6.19. The summed E-state index contributed by atoms with van der Waals surface area (Å²) in [6, 6.07) is 15.2. The van der Waals surface area contributed by atoms with E-state index in [2.05, 4.69) is 57.8 Å². The van der Waals surface area contributed by atoms with E-state index in [0.29, 0.717) is 12.0 Å². The first kappa shape index (κ1) is 22.7. The number of hydrogen-bond acceptors (Lipinski definition) is 7. The normalized spacial score (nSPS) is 20.0. The van der Waals surface area contributed by atoms with Gasteiger partial charge in [0.25, 0.3) is 0 Å². The molecule has 7 heteroatoms. The summed E-state index contributed by atoms with van der Waals surface area (Å²) in [6.45, 7) is 3.66. The first-order chi connectivity index (χ1) is 16.6. The van der Waals surface area contributed by atoms with E-state index in [1.807, 2.05) is 26.2 Å². The number of nitrogens with zero attached hydrogens (tertiary/aromatic N) is 4. The van der Waals surface area contributed by atoms with Gasteiger partial charge in [0.1, 0.15) is 18.2 Å². The minimum Gasteiger partial charge on any atom is -0.490 e. The minimum atomic E-state index is 0.433. The maximum absolute atomic E-state index is 5.85. The number of aromatic nitrogens is 2. The van der Waals surface area contributed by atoms with Crippen LogP contribution in [0.4, 0.5) is 17.5 Å². The minimum absolute atomic E-state index is 0.433. The lowest BCUT2D eigenvalue weighted by Gasteiger charge is -2.30. The SMILES string of the molecule is CN(C)c1nc(N[C@H]2CC[C@@H](CNCc3ccc4c(c3)OCCN4C)CC2)nc2ccccc12. The van der Waals surface area contributed by atoms with Crippen LogP contribution in [0.15, 0.2) is 42.5 Å². The molecule has 2 heterocycles. The Bertz CT molecular complexity index is 1130. The van der Waals surface area contributed by atoms with Crippen molar-refractivity contribution in [1.82, 2.24) is 15.3 Å². The van der Waals surface area contributed by atoms with Crippen LogP contribution in [0.25, 0.3) is 10.9 Å². The Balaban J connectivity index is 1.11. The molecular weight excluding hydrogens is 424 g/mol. The van der Waals surface area contributed by atoms with Crippen molar-refractivity contribution in [2.24, 2.45) is 5.92 Å². The number of ether oxygens (including phenoxy) is 1. The highest BCUT2D eigenvalue weighted by Crippen LogP contribution is 2.32. The lowest BCUT2D eigenvalue weighted by atomic mass is 9.86. The van der Waals surface area contributed by atoms with E-state index in [-0.39, 0.29) is 0 Å². The zero-order chi connectivity index (χ0) is 23.5. The number of anilines is 3. The maximum atomic E-state index is 5.85. The van der Waals surface area contributed by atoms with E-state index in [1.54, 1.807) is 0 Å². The van der Waals surface area contributed by atoms with Gasteiger partial charge in [-0.15, -0.1) is 0 Å². The number of rotatable bonds is 7. The van der Waals surface area contributed by atoms with Crippen molar-refractivity contribution in [2.45, 2.75) is 38.3 Å². The molecule has 0 unspecified atom stereocenters. The van der Waals surface area contributed by atoms with Crippen LogP contribution in [0.3, 0.4) is 0 Å². The average molecular weight is 461 g/mol. The molecule has 0 bridgehead atoms. The van der Waals surface area contributed by atoms with E-state index in [0.717, 1.165) is 67.5 Å². The Morgan fingerprint density at radius 1 is 1.06 bits per heavy atom. The van der Waals surface area contributed by atoms with Gasteiger partial charge in [0.05, 0.1) is 17.7 Å². The van der Waals surface area contributed by atoms with Crippen molar-refractivity contribution < 1.29 is 4.74 Å². The average Bonchev–Trinajstić information content (AvgIpc) is 2.85. The molecule has 5 rings (SSSR count). The van der Waals surface area contributed by atoms with Crippen molar-refractivity contribution in [3.63, 3.8) is 0 Å². The summed E-state index contributed by atoms with van der Waals surface area (Å²) < 4.78 is 5.85. The van der Waals surface area contributed by atoms with Gasteiger partial charge in [0.15, 0.2) is 0 Å². The Morgan fingerprint density at radius 2 is 1.88 bits per heavy atom. The van der Waals surface area contributed by atoms with Crippen LogP contribution < -0.4 is 25.2 Å². The Morgan fingerprint density at radius 3 is 2.71 bits per heavy atom. The lowest BCUT2D eigenvalue weighted by molar-refractivity contribution is 0.310. The van der Waals surface area contributed by atoms with Gasteiger partial charge in [-0.3, -0.25) is 0 Å². The summed E-state index contributed by atoms with van der Waals surface area (Å²) in [5.41, 5.74) is 3.46. The van der Waals surface area contributed by atoms with Crippen LogP contribution in [0, 0.1) is 5.92 Å². The van der Waals surface area contributed by atoms with Gasteiger partial charge in [0.2, 0.25) is 5.95 Å². The van der Waals surface area contributed by atoms with Crippen molar-refractivity contribution in [2.75, 3.05) is 56.0 Å². The summed E-state index contributed by atoms with van der Waals surface area (Å²) in [5.74, 6) is 3.43. The largest absolute Gasteiger partial charge is 0.490 e. The fourth-order valence-corrected chi connectivity index (χ4v) is 5.09. The molecule has 180 valence electrons. The Labute approximate surface area is 202 Å². The van der Waals surface area contributed by atoms with Crippen LogP contribution in [0.2, 0.25) is 0 Å². The van der Waals surface area contributed by atoms with Crippen LogP contribution in [-0.2, 0) is 6.54 Å². The third-order valence-electron chi connectivity index (χ3n) is 7.07. The molecule has 0 atom stereocenters. The molecule has 2 aliphatic rings. The Hall–Kier alpha value is -3.06. The fourth-order valence-electron chi connectivity index (χ4n) is 5.09. The molecule has 2 aromatic carbocycles. The van der Waals surface area contributed by atoms with Gasteiger partial charge >= 0.3 is 0 Å². The number of para-hydroxylation sites is 1. The quantitative estimate of drug-likeness (QED) is 0.545. The van der Waals surface area contributed by atoms with Crippen LogP contribution in [0.1, 0.15) is 31.2 Å². The highest BCUT2D eigenvalue weighted by Gasteiger charge is 2.22. The molecule has 1 aliphatic carbocycles. The molecule has 0 radical (unpaired) electrons. The molecule has 0 amide bonds. The smallest absolute Gasteiger partial charge is 0.225 e. The number of fused-ring (bicyclic) bond motifs is 2. The molecule has 1 saturated carbocycles. The van der Waals surface area contributed by atoms with Crippen molar-refractivity contribution >= 4 is 28.4 Å². The number of likely N-dealkylation sites (N-methyl/N-ethyl adjacent to an activating group) is 1. The molecule has 1 aromatic heterocycles. The molecular formula is C27H36N6O. The molecule has 1 fully saturated rings. The molecule has 0 saturated heterocycles.